The fourth-order valence-electron chi connectivity index (χ4n) is 2.94. The highest BCUT2D eigenvalue weighted by molar-refractivity contribution is 4.81. The van der Waals surface area contributed by atoms with Gasteiger partial charge in [0.1, 0.15) is 0 Å². The summed E-state index contributed by atoms with van der Waals surface area (Å²) < 4.78 is 36.6. The fourth-order valence-corrected chi connectivity index (χ4v) is 2.94. The standard InChI is InChI=1S/C12H21F3N2/c13-12(14,15)9-17-6-5-10(8-17)7-16-11-3-1-2-4-11/h10-11,16H,1-9H2. The zero-order valence-corrected chi connectivity index (χ0v) is 10.1. The minimum Gasteiger partial charge on any atom is -0.314 e. The lowest BCUT2D eigenvalue weighted by Gasteiger charge is -2.19. The van der Waals surface area contributed by atoms with Crippen LogP contribution in [-0.2, 0) is 0 Å². The second-order valence-corrected chi connectivity index (χ2v) is 5.39. The predicted octanol–water partition coefficient (Wildman–Crippen LogP) is 2.40. The van der Waals surface area contributed by atoms with E-state index in [9.17, 15) is 13.2 Å². The van der Waals surface area contributed by atoms with Gasteiger partial charge >= 0.3 is 6.18 Å². The Morgan fingerprint density at radius 2 is 1.82 bits per heavy atom. The van der Waals surface area contributed by atoms with Gasteiger partial charge in [-0.25, -0.2) is 0 Å². The molecule has 100 valence electrons. The molecule has 2 aliphatic rings. The largest absolute Gasteiger partial charge is 0.401 e. The van der Waals surface area contributed by atoms with Crippen LogP contribution in [0.2, 0.25) is 0 Å². The molecule has 0 bridgehead atoms. The summed E-state index contributed by atoms with van der Waals surface area (Å²) in [5, 5.41) is 3.50. The molecule has 5 heteroatoms. The average Bonchev–Trinajstić information content (AvgIpc) is 2.82. The first kappa shape index (κ1) is 13.1. The summed E-state index contributed by atoms with van der Waals surface area (Å²) in [4.78, 5) is 1.53. The first-order valence-electron chi connectivity index (χ1n) is 6.55. The SMILES string of the molecule is FC(F)(F)CN1CCC(CNC2CCCC2)C1. The maximum atomic E-state index is 12.2. The molecule has 1 unspecified atom stereocenters. The van der Waals surface area contributed by atoms with Gasteiger partial charge in [0, 0.05) is 12.6 Å². The van der Waals surface area contributed by atoms with E-state index in [0.717, 1.165) is 13.0 Å². The zero-order valence-electron chi connectivity index (χ0n) is 10.1. The maximum absolute atomic E-state index is 12.2. The van der Waals surface area contributed by atoms with Gasteiger partial charge in [-0.05, 0) is 38.3 Å². The van der Waals surface area contributed by atoms with Crippen LogP contribution in [0.25, 0.3) is 0 Å². The number of hydrogen-bond donors (Lipinski definition) is 1. The molecule has 2 rings (SSSR count). The molecular weight excluding hydrogens is 229 g/mol. The summed E-state index contributed by atoms with van der Waals surface area (Å²) in [5.41, 5.74) is 0. The Bertz CT molecular complexity index is 236. The molecule has 0 radical (unpaired) electrons. The number of nitrogens with one attached hydrogen (secondary N) is 1. The Labute approximate surface area is 101 Å². The lowest BCUT2D eigenvalue weighted by molar-refractivity contribution is -0.143. The Balaban J connectivity index is 1.63. The van der Waals surface area contributed by atoms with E-state index < -0.39 is 12.7 Å². The van der Waals surface area contributed by atoms with E-state index in [2.05, 4.69) is 5.32 Å². The van der Waals surface area contributed by atoms with Crippen LogP contribution < -0.4 is 5.32 Å². The van der Waals surface area contributed by atoms with Crippen molar-refractivity contribution in [3.63, 3.8) is 0 Å². The minimum atomic E-state index is -4.05. The molecule has 2 fully saturated rings. The number of alkyl halides is 3. The van der Waals surface area contributed by atoms with Crippen molar-refractivity contribution in [3.05, 3.63) is 0 Å². The van der Waals surface area contributed by atoms with Crippen LogP contribution in [0.1, 0.15) is 32.1 Å². The van der Waals surface area contributed by atoms with Crippen molar-refractivity contribution < 1.29 is 13.2 Å². The Morgan fingerprint density at radius 3 is 2.47 bits per heavy atom. The van der Waals surface area contributed by atoms with Crippen LogP contribution in [0.5, 0.6) is 0 Å². The number of hydrogen-bond acceptors (Lipinski definition) is 2. The molecule has 0 amide bonds. The van der Waals surface area contributed by atoms with Gasteiger partial charge in [-0.1, -0.05) is 12.8 Å². The van der Waals surface area contributed by atoms with Gasteiger partial charge in [0.05, 0.1) is 6.54 Å². The molecule has 17 heavy (non-hydrogen) atoms. The third kappa shape index (κ3) is 4.47. The van der Waals surface area contributed by atoms with Gasteiger partial charge in [-0.15, -0.1) is 0 Å². The first-order chi connectivity index (χ1) is 8.03. The molecular formula is C12H21F3N2. The zero-order chi connectivity index (χ0) is 12.3. The van der Waals surface area contributed by atoms with Crippen LogP contribution in [0, 0.1) is 5.92 Å². The average molecular weight is 250 g/mol. The normalized spacial score (nSPS) is 28.1. The highest BCUT2D eigenvalue weighted by Gasteiger charge is 2.34. The second-order valence-electron chi connectivity index (χ2n) is 5.39. The fraction of sp³-hybridized carbons (Fsp3) is 1.00. The number of halogens is 3. The highest BCUT2D eigenvalue weighted by Crippen LogP contribution is 2.23. The summed E-state index contributed by atoms with van der Waals surface area (Å²) in [7, 11) is 0. The summed E-state index contributed by atoms with van der Waals surface area (Å²) in [6, 6.07) is 0.617. The van der Waals surface area contributed by atoms with Crippen LogP contribution in [0.4, 0.5) is 13.2 Å². The molecule has 0 aromatic carbocycles. The van der Waals surface area contributed by atoms with Gasteiger partial charge in [0.15, 0.2) is 0 Å². The van der Waals surface area contributed by atoms with E-state index >= 15 is 0 Å². The Kier molecular flexibility index (Phi) is 4.31. The molecule has 1 aliphatic carbocycles. The van der Waals surface area contributed by atoms with Crippen molar-refractivity contribution in [2.45, 2.75) is 44.3 Å². The summed E-state index contributed by atoms with van der Waals surface area (Å²) in [6.45, 7) is 1.34. The van der Waals surface area contributed by atoms with E-state index in [1.165, 1.54) is 30.6 Å². The monoisotopic (exact) mass is 250 g/mol. The van der Waals surface area contributed by atoms with E-state index in [4.69, 9.17) is 0 Å². The van der Waals surface area contributed by atoms with Crippen LogP contribution in [0.15, 0.2) is 0 Å². The van der Waals surface area contributed by atoms with Gasteiger partial charge in [-0.2, -0.15) is 13.2 Å². The summed E-state index contributed by atoms with van der Waals surface area (Å²) >= 11 is 0. The van der Waals surface area contributed by atoms with Crippen molar-refractivity contribution in [1.29, 1.82) is 0 Å². The number of rotatable bonds is 4. The molecule has 1 atom stereocenters. The summed E-state index contributed by atoms with van der Waals surface area (Å²) in [5.74, 6) is 0.401. The van der Waals surface area contributed by atoms with Crippen molar-refractivity contribution in [1.82, 2.24) is 10.2 Å². The van der Waals surface area contributed by atoms with Gasteiger partial charge in [-0.3, -0.25) is 4.90 Å². The Hall–Kier alpha value is -0.290. The maximum Gasteiger partial charge on any atom is 0.401 e. The quantitative estimate of drug-likeness (QED) is 0.824. The molecule has 1 aliphatic heterocycles. The lowest BCUT2D eigenvalue weighted by atomic mass is 10.1. The molecule has 1 N–H and O–H groups in total. The molecule has 1 saturated carbocycles. The molecule has 2 nitrogen and oxygen atoms in total. The van der Waals surface area contributed by atoms with Gasteiger partial charge in [0.2, 0.25) is 0 Å². The third-order valence-electron chi connectivity index (χ3n) is 3.82. The minimum absolute atomic E-state index is 0.401. The molecule has 1 heterocycles. The molecule has 0 aromatic heterocycles. The Morgan fingerprint density at radius 1 is 1.12 bits per heavy atom. The topological polar surface area (TPSA) is 15.3 Å². The van der Waals surface area contributed by atoms with Crippen LogP contribution in [0.3, 0.4) is 0 Å². The van der Waals surface area contributed by atoms with E-state index in [1.54, 1.807) is 0 Å². The second kappa shape index (κ2) is 5.57. The van der Waals surface area contributed by atoms with E-state index in [0.29, 0.717) is 25.0 Å². The van der Waals surface area contributed by atoms with Crippen LogP contribution in [-0.4, -0.2) is 43.3 Å². The molecule has 1 saturated heterocycles. The van der Waals surface area contributed by atoms with Crippen molar-refractivity contribution in [2.24, 2.45) is 5.92 Å². The van der Waals surface area contributed by atoms with Crippen molar-refractivity contribution in [3.8, 4) is 0 Å². The molecule has 0 aromatic rings. The first-order valence-corrected chi connectivity index (χ1v) is 6.55. The van der Waals surface area contributed by atoms with Crippen molar-refractivity contribution in [2.75, 3.05) is 26.2 Å². The van der Waals surface area contributed by atoms with Gasteiger partial charge in [0.25, 0.3) is 0 Å². The third-order valence-corrected chi connectivity index (χ3v) is 3.82. The van der Waals surface area contributed by atoms with E-state index in [1.807, 2.05) is 0 Å². The van der Waals surface area contributed by atoms with Gasteiger partial charge < -0.3 is 5.32 Å². The number of nitrogens with zero attached hydrogens (tertiary/aromatic N) is 1. The smallest absolute Gasteiger partial charge is 0.314 e. The van der Waals surface area contributed by atoms with E-state index in [-0.39, 0.29) is 0 Å². The molecule has 0 spiro atoms. The lowest BCUT2D eigenvalue weighted by Crippen LogP contribution is -2.35. The summed E-state index contributed by atoms with van der Waals surface area (Å²) in [6.07, 6.45) is 1.91. The highest BCUT2D eigenvalue weighted by atomic mass is 19.4. The van der Waals surface area contributed by atoms with Crippen LogP contribution >= 0.6 is 0 Å². The number of likely N-dealkylation sites (tertiary alicyclic amines) is 1. The predicted molar refractivity (Wildman–Crippen MR) is 60.9 cm³/mol. The van der Waals surface area contributed by atoms with Crippen molar-refractivity contribution >= 4 is 0 Å².